The highest BCUT2D eigenvalue weighted by Crippen LogP contribution is 2.27. The van der Waals surface area contributed by atoms with E-state index in [-0.39, 0.29) is 23.9 Å². The fourth-order valence-corrected chi connectivity index (χ4v) is 3.95. The first-order chi connectivity index (χ1) is 15.4. The molecular weight excluding hydrogens is 426 g/mol. The Morgan fingerprint density at radius 1 is 1.38 bits per heavy atom. The molecule has 1 saturated heterocycles. The summed E-state index contributed by atoms with van der Waals surface area (Å²) in [7, 11) is 0. The molecule has 2 aliphatic rings. The molecule has 1 aromatic rings. The Balaban J connectivity index is 1.72. The number of rotatable bonds is 8. The second-order valence-corrected chi connectivity index (χ2v) is 9.28. The van der Waals surface area contributed by atoms with Crippen LogP contribution >= 0.6 is 11.8 Å². The largest absolute Gasteiger partial charge is 0.402 e. The Labute approximate surface area is 192 Å². The Morgan fingerprint density at radius 2 is 2.22 bits per heavy atom. The molecule has 0 bridgehead atoms. The smallest absolute Gasteiger partial charge is 0.322 e. The molecule has 9 nitrogen and oxygen atoms in total. The molecule has 1 aliphatic carbocycles. The number of nitrogens with two attached hydrogens (primary N) is 1. The first-order valence-electron chi connectivity index (χ1n) is 10.6. The van der Waals surface area contributed by atoms with E-state index in [4.69, 9.17) is 10.2 Å². The highest BCUT2D eigenvalue weighted by molar-refractivity contribution is 8.03. The van der Waals surface area contributed by atoms with E-state index in [2.05, 4.69) is 62.9 Å². The van der Waals surface area contributed by atoms with Gasteiger partial charge in [0, 0.05) is 10.2 Å². The van der Waals surface area contributed by atoms with Gasteiger partial charge in [-0.3, -0.25) is 10.1 Å². The van der Waals surface area contributed by atoms with Crippen LogP contribution in [0.25, 0.3) is 0 Å². The molecule has 0 radical (unpaired) electrons. The Bertz CT molecular complexity index is 992. The number of hydrogen-bond acceptors (Lipinski definition) is 8. The Kier molecular flexibility index (Phi) is 8.57. The predicted molar refractivity (Wildman–Crippen MR) is 130 cm³/mol. The van der Waals surface area contributed by atoms with E-state index in [0.29, 0.717) is 16.8 Å². The van der Waals surface area contributed by atoms with E-state index < -0.39 is 0 Å². The lowest BCUT2D eigenvalue weighted by molar-refractivity contribution is -0.117. The van der Waals surface area contributed by atoms with Crippen molar-refractivity contribution in [3.8, 4) is 0 Å². The van der Waals surface area contributed by atoms with Crippen molar-refractivity contribution in [1.82, 2.24) is 15.5 Å². The number of carbonyl (C=O) groups is 1. The van der Waals surface area contributed by atoms with Crippen LogP contribution in [0.2, 0.25) is 0 Å². The standard InChI is InChI=1S/C22H29N7O2S/c1-14(2)32-17-7-4-6-16(9-10-17)19(12-25-15(3)23)26-13-20-28-29-22(31-20)27-21(30)18-8-5-11-24-18/h6-7,9-10,12-14,18,24H,4-5,8,11H2,1-3H3,(H2,23,25)(H,27,29,30)/b19-12-,26-13+. The molecule has 2 heterocycles. The number of nitrogens with one attached hydrogen (secondary N) is 2. The third-order valence-corrected chi connectivity index (χ3v) is 5.55. The summed E-state index contributed by atoms with van der Waals surface area (Å²) in [4.78, 5) is 22.1. The summed E-state index contributed by atoms with van der Waals surface area (Å²) in [5.74, 6) is 0.416. The van der Waals surface area contributed by atoms with Crippen molar-refractivity contribution >= 4 is 35.7 Å². The van der Waals surface area contributed by atoms with Gasteiger partial charge in [-0.1, -0.05) is 37.2 Å². The van der Waals surface area contributed by atoms with Gasteiger partial charge in [-0.2, -0.15) is 0 Å². The van der Waals surface area contributed by atoms with Crippen molar-refractivity contribution in [3.05, 3.63) is 52.6 Å². The summed E-state index contributed by atoms with van der Waals surface area (Å²) in [6.45, 7) is 6.87. The number of nitrogens with zero attached hydrogens (tertiary/aromatic N) is 4. The lowest BCUT2D eigenvalue weighted by Gasteiger charge is -2.07. The number of anilines is 1. The molecule has 32 heavy (non-hydrogen) atoms. The Hall–Kier alpha value is -2.98. The van der Waals surface area contributed by atoms with E-state index in [0.717, 1.165) is 31.4 Å². The van der Waals surface area contributed by atoms with Crippen LogP contribution in [0.1, 0.15) is 45.9 Å². The van der Waals surface area contributed by atoms with Crippen molar-refractivity contribution in [2.45, 2.75) is 51.3 Å². The maximum absolute atomic E-state index is 12.2. The molecule has 1 amide bonds. The summed E-state index contributed by atoms with van der Waals surface area (Å²) < 4.78 is 5.49. The zero-order chi connectivity index (χ0) is 22.9. The van der Waals surface area contributed by atoms with E-state index in [1.165, 1.54) is 11.1 Å². The van der Waals surface area contributed by atoms with Crippen LogP contribution in [0.5, 0.6) is 0 Å². The normalized spacial score (nSPS) is 19.9. The summed E-state index contributed by atoms with van der Waals surface area (Å²) in [5.41, 5.74) is 7.21. The van der Waals surface area contributed by atoms with Crippen LogP contribution in [-0.4, -0.2) is 46.0 Å². The molecule has 4 N–H and O–H groups in total. The highest BCUT2D eigenvalue weighted by atomic mass is 32.2. The Morgan fingerprint density at radius 3 is 2.94 bits per heavy atom. The molecule has 1 aliphatic heterocycles. The van der Waals surface area contributed by atoms with Gasteiger partial charge in [0.2, 0.25) is 5.91 Å². The molecule has 10 heteroatoms. The molecule has 1 fully saturated rings. The SMILES string of the molecule is C\C(N)=N/C=C(\N=C\c1nnc(NC(=O)C2CCCN2)o1)C1=CCC=C(SC(C)C)C=C1. The molecule has 0 spiro atoms. The van der Waals surface area contributed by atoms with Gasteiger partial charge in [0.25, 0.3) is 5.89 Å². The van der Waals surface area contributed by atoms with E-state index in [1.54, 1.807) is 13.1 Å². The number of amidine groups is 1. The minimum atomic E-state index is -0.229. The van der Waals surface area contributed by atoms with Gasteiger partial charge in [-0.25, -0.2) is 9.98 Å². The van der Waals surface area contributed by atoms with Crippen LogP contribution in [0.4, 0.5) is 6.01 Å². The van der Waals surface area contributed by atoms with Crippen molar-refractivity contribution in [2.75, 3.05) is 11.9 Å². The van der Waals surface area contributed by atoms with E-state index >= 15 is 0 Å². The number of thioether (sulfide) groups is 1. The van der Waals surface area contributed by atoms with Crippen LogP contribution in [0, 0.1) is 0 Å². The lowest BCUT2D eigenvalue weighted by Crippen LogP contribution is -2.35. The number of allylic oxidation sites excluding steroid dienone is 4. The average molecular weight is 456 g/mol. The maximum Gasteiger partial charge on any atom is 0.322 e. The average Bonchev–Trinajstić information content (AvgIpc) is 3.37. The minimum absolute atomic E-state index is 0.0413. The topological polar surface area (TPSA) is 131 Å². The van der Waals surface area contributed by atoms with Gasteiger partial charge >= 0.3 is 6.01 Å². The van der Waals surface area contributed by atoms with Gasteiger partial charge in [-0.15, -0.1) is 16.9 Å². The van der Waals surface area contributed by atoms with Gasteiger partial charge in [0.05, 0.1) is 30.0 Å². The lowest BCUT2D eigenvalue weighted by atomic mass is 10.1. The molecule has 1 aromatic heterocycles. The number of aliphatic imine (C=N–C) groups is 2. The van der Waals surface area contributed by atoms with Gasteiger partial charge in [-0.05, 0) is 44.4 Å². The van der Waals surface area contributed by atoms with E-state index in [9.17, 15) is 4.79 Å². The minimum Gasteiger partial charge on any atom is -0.402 e. The predicted octanol–water partition coefficient (Wildman–Crippen LogP) is 3.31. The van der Waals surface area contributed by atoms with Gasteiger partial charge in [0.15, 0.2) is 0 Å². The fraction of sp³-hybridized carbons (Fsp3) is 0.409. The molecule has 1 atom stereocenters. The van der Waals surface area contributed by atoms with Gasteiger partial charge < -0.3 is 15.5 Å². The number of carbonyl (C=O) groups excluding carboxylic acids is 1. The van der Waals surface area contributed by atoms with Crippen LogP contribution in [-0.2, 0) is 4.79 Å². The summed E-state index contributed by atoms with van der Waals surface area (Å²) in [5, 5.41) is 14.1. The number of aromatic nitrogens is 2. The fourth-order valence-electron chi connectivity index (χ4n) is 3.07. The maximum atomic E-state index is 12.2. The van der Waals surface area contributed by atoms with Crippen LogP contribution < -0.4 is 16.4 Å². The third-order valence-electron chi connectivity index (χ3n) is 4.50. The first kappa shape index (κ1) is 23.7. The molecule has 3 rings (SSSR count). The monoisotopic (exact) mass is 455 g/mol. The zero-order valence-corrected chi connectivity index (χ0v) is 19.4. The van der Waals surface area contributed by atoms with E-state index in [1.807, 2.05) is 17.8 Å². The van der Waals surface area contributed by atoms with Gasteiger partial charge in [0.1, 0.15) is 0 Å². The second kappa shape index (κ2) is 11.6. The number of amides is 1. The summed E-state index contributed by atoms with van der Waals surface area (Å²) in [6, 6.07) is -0.188. The second-order valence-electron chi connectivity index (χ2n) is 7.63. The molecular formula is C22H29N7O2S. The van der Waals surface area contributed by atoms with Crippen LogP contribution in [0.3, 0.4) is 0 Å². The third kappa shape index (κ3) is 7.31. The summed E-state index contributed by atoms with van der Waals surface area (Å²) >= 11 is 1.81. The van der Waals surface area contributed by atoms with Crippen molar-refractivity contribution < 1.29 is 9.21 Å². The highest BCUT2D eigenvalue weighted by Gasteiger charge is 2.23. The molecule has 0 aromatic carbocycles. The van der Waals surface area contributed by atoms with Crippen molar-refractivity contribution in [2.24, 2.45) is 15.7 Å². The molecule has 0 saturated carbocycles. The summed E-state index contributed by atoms with van der Waals surface area (Å²) in [6.07, 6.45) is 13.9. The zero-order valence-electron chi connectivity index (χ0n) is 18.5. The van der Waals surface area contributed by atoms with Crippen molar-refractivity contribution in [1.29, 1.82) is 0 Å². The number of hydrogen-bond donors (Lipinski definition) is 3. The molecule has 1 unspecified atom stereocenters. The molecule has 170 valence electrons. The quantitative estimate of drug-likeness (QED) is 0.405. The van der Waals surface area contributed by atoms with Crippen molar-refractivity contribution in [3.63, 3.8) is 0 Å². The van der Waals surface area contributed by atoms with Crippen LogP contribution in [0.15, 0.2) is 61.1 Å². The first-order valence-corrected chi connectivity index (χ1v) is 11.5.